The van der Waals surface area contributed by atoms with Crippen LogP contribution in [-0.2, 0) is 9.53 Å². The monoisotopic (exact) mass is 190 g/mol. The zero-order chi connectivity index (χ0) is 10.4. The van der Waals surface area contributed by atoms with Gasteiger partial charge < -0.3 is 4.74 Å². The van der Waals surface area contributed by atoms with Crippen LogP contribution in [0, 0.1) is 0 Å². The van der Waals surface area contributed by atoms with Crippen LogP contribution in [0.2, 0.25) is 0 Å². The molecule has 0 unspecified atom stereocenters. The van der Waals surface area contributed by atoms with Gasteiger partial charge in [0, 0.05) is 11.6 Å². The molecule has 0 aromatic heterocycles. The Balaban J connectivity index is 2.90. The zero-order valence-corrected chi connectivity index (χ0v) is 7.77. The number of ether oxygens (including phenoxy) is 1. The van der Waals surface area contributed by atoms with Crippen LogP contribution in [0.3, 0.4) is 0 Å². The average Bonchev–Trinajstić information content (AvgIpc) is 2.26. The van der Waals surface area contributed by atoms with E-state index < -0.39 is 5.97 Å². The summed E-state index contributed by atoms with van der Waals surface area (Å²) in [4.78, 5) is 21.4. The second-order valence-corrected chi connectivity index (χ2v) is 2.60. The number of aldehydes is 1. The predicted molar refractivity (Wildman–Crippen MR) is 52.9 cm³/mol. The molecule has 72 valence electrons. The van der Waals surface area contributed by atoms with E-state index in [0.29, 0.717) is 11.1 Å². The summed E-state index contributed by atoms with van der Waals surface area (Å²) in [6.45, 7) is 0. The Morgan fingerprint density at radius 2 is 1.93 bits per heavy atom. The van der Waals surface area contributed by atoms with Crippen molar-refractivity contribution in [1.82, 2.24) is 0 Å². The molecule has 0 saturated carbocycles. The molecule has 14 heavy (non-hydrogen) atoms. The number of hydrogen-bond donors (Lipinski definition) is 0. The lowest BCUT2D eigenvalue weighted by Gasteiger charge is -1.96. The summed E-state index contributed by atoms with van der Waals surface area (Å²) < 4.78 is 4.43. The van der Waals surface area contributed by atoms with Gasteiger partial charge in [-0.15, -0.1) is 0 Å². The highest BCUT2D eigenvalue weighted by atomic mass is 16.5. The van der Waals surface area contributed by atoms with Crippen molar-refractivity contribution >= 4 is 18.3 Å². The maximum absolute atomic E-state index is 10.8. The maximum Gasteiger partial charge on any atom is 0.330 e. The molecule has 0 aliphatic carbocycles. The number of esters is 1. The van der Waals surface area contributed by atoms with Gasteiger partial charge in [-0.3, -0.25) is 4.79 Å². The first-order chi connectivity index (χ1) is 6.77. The summed E-state index contributed by atoms with van der Waals surface area (Å²) in [5, 5.41) is 0. The van der Waals surface area contributed by atoms with Gasteiger partial charge in [-0.2, -0.15) is 0 Å². The topological polar surface area (TPSA) is 43.4 Å². The number of carbonyl (C=O) groups is 2. The summed E-state index contributed by atoms with van der Waals surface area (Å²) in [7, 11) is 1.30. The highest BCUT2D eigenvalue weighted by Gasteiger charge is 1.97. The molecule has 1 aromatic carbocycles. The molecule has 3 heteroatoms. The fourth-order valence-corrected chi connectivity index (χ4v) is 0.996. The van der Waals surface area contributed by atoms with Gasteiger partial charge in [0.1, 0.15) is 0 Å². The van der Waals surface area contributed by atoms with Gasteiger partial charge in [0.05, 0.1) is 7.11 Å². The van der Waals surface area contributed by atoms with Crippen LogP contribution in [-0.4, -0.2) is 19.4 Å². The van der Waals surface area contributed by atoms with Gasteiger partial charge in [-0.25, -0.2) is 4.79 Å². The molecule has 3 nitrogen and oxygen atoms in total. The predicted octanol–water partition coefficient (Wildman–Crippen LogP) is 1.69. The van der Waals surface area contributed by atoms with Crippen LogP contribution >= 0.6 is 0 Å². The fraction of sp³-hybridized carbons (Fsp3) is 0.0909. The number of benzene rings is 1. The molecule has 0 atom stereocenters. The van der Waals surface area contributed by atoms with E-state index >= 15 is 0 Å². The fourth-order valence-electron chi connectivity index (χ4n) is 0.996. The SMILES string of the molecule is COC(=O)/C=C/c1ccccc1C=O. The quantitative estimate of drug-likeness (QED) is 0.414. The van der Waals surface area contributed by atoms with Crippen molar-refractivity contribution in [2.24, 2.45) is 0 Å². The Labute approximate surface area is 82.0 Å². The second-order valence-electron chi connectivity index (χ2n) is 2.60. The molecule has 0 spiro atoms. The van der Waals surface area contributed by atoms with Gasteiger partial charge in [0.2, 0.25) is 0 Å². The van der Waals surface area contributed by atoms with Crippen LogP contribution in [0.4, 0.5) is 0 Å². The summed E-state index contributed by atoms with van der Waals surface area (Å²) in [5.74, 6) is -0.439. The minimum Gasteiger partial charge on any atom is -0.466 e. The molecule has 0 N–H and O–H groups in total. The Bertz CT molecular complexity index is 367. The summed E-state index contributed by atoms with van der Waals surface area (Å²) in [5.41, 5.74) is 1.25. The van der Waals surface area contributed by atoms with E-state index in [1.807, 2.05) is 0 Å². The smallest absolute Gasteiger partial charge is 0.330 e. The van der Waals surface area contributed by atoms with Gasteiger partial charge in [0.25, 0.3) is 0 Å². The highest BCUT2D eigenvalue weighted by Crippen LogP contribution is 2.07. The van der Waals surface area contributed by atoms with Crippen molar-refractivity contribution in [2.75, 3.05) is 7.11 Å². The Hall–Kier alpha value is -1.90. The van der Waals surface area contributed by atoms with E-state index in [1.54, 1.807) is 30.3 Å². The Morgan fingerprint density at radius 3 is 2.50 bits per heavy atom. The Kier molecular flexibility index (Phi) is 3.61. The van der Waals surface area contributed by atoms with Crippen molar-refractivity contribution in [1.29, 1.82) is 0 Å². The summed E-state index contributed by atoms with van der Waals surface area (Å²) >= 11 is 0. The number of hydrogen-bond acceptors (Lipinski definition) is 3. The molecule has 0 aliphatic rings. The standard InChI is InChI=1S/C11H10O3/c1-14-11(13)7-6-9-4-2-3-5-10(9)8-12/h2-8H,1H3/b7-6+. The van der Waals surface area contributed by atoms with Crippen LogP contribution < -0.4 is 0 Å². The Morgan fingerprint density at radius 1 is 1.29 bits per heavy atom. The number of methoxy groups -OCH3 is 1. The second kappa shape index (κ2) is 4.97. The molecular weight excluding hydrogens is 180 g/mol. The molecule has 0 heterocycles. The first-order valence-corrected chi connectivity index (χ1v) is 4.08. The third kappa shape index (κ3) is 2.55. The highest BCUT2D eigenvalue weighted by molar-refractivity contribution is 5.90. The van der Waals surface area contributed by atoms with Crippen LogP contribution in [0.5, 0.6) is 0 Å². The van der Waals surface area contributed by atoms with Crippen LogP contribution in [0.25, 0.3) is 6.08 Å². The lowest BCUT2D eigenvalue weighted by atomic mass is 10.1. The van der Waals surface area contributed by atoms with Gasteiger partial charge in [-0.05, 0) is 11.6 Å². The molecule has 0 aliphatic heterocycles. The zero-order valence-electron chi connectivity index (χ0n) is 7.77. The molecule has 0 radical (unpaired) electrons. The molecule has 0 fully saturated rings. The number of carbonyl (C=O) groups excluding carboxylic acids is 2. The van der Waals surface area contributed by atoms with Crippen molar-refractivity contribution in [3.63, 3.8) is 0 Å². The minimum absolute atomic E-state index is 0.439. The third-order valence-electron chi connectivity index (χ3n) is 1.72. The van der Waals surface area contributed by atoms with Gasteiger partial charge in [-0.1, -0.05) is 24.3 Å². The number of rotatable bonds is 3. The maximum atomic E-state index is 10.8. The molecule has 0 bridgehead atoms. The molecular formula is C11H10O3. The van der Waals surface area contributed by atoms with Crippen molar-refractivity contribution < 1.29 is 14.3 Å². The van der Waals surface area contributed by atoms with Gasteiger partial charge in [0.15, 0.2) is 6.29 Å². The molecule has 0 amide bonds. The van der Waals surface area contributed by atoms with E-state index in [0.717, 1.165) is 6.29 Å². The first-order valence-electron chi connectivity index (χ1n) is 4.08. The minimum atomic E-state index is -0.439. The third-order valence-corrected chi connectivity index (χ3v) is 1.72. The normalized spacial score (nSPS) is 10.1. The lowest BCUT2D eigenvalue weighted by Crippen LogP contribution is -1.94. The van der Waals surface area contributed by atoms with E-state index in [-0.39, 0.29) is 0 Å². The van der Waals surface area contributed by atoms with E-state index in [1.165, 1.54) is 13.2 Å². The van der Waals surface area contributed by atoms with Crippen LogP contribution in [0.15, 0.2) is 30.3 Å². The van der Waals surface area contributed by atoms with Crippen LogP contribution in [0.1, 0.15) is 15.9 Å². The van der Waals surface area contributed by atoms with E-state index in [9.17, 15) is 9.59 Å². The van der Waals surface area contributed by atoms with E-state index in [4.69, 9.17) is 0 Å². The summed E-state index contributed by atoms with van der Waals surface area (Å²) in [6.07, 6.45) is 3.58. The first kappa shape index (κ1) is 10.2. The molecule has 1 rings (SSSR count). The van der Waals surface area contributed by atoms with Crippen molar-refractivity contribution in [3.05, 3.63) is 41.5 Å². The van der Waals surface area contributed by atoms with E-state index in [2.05, 4.69) is 4.74 Å². The lowest BCUT2D eigenvalue weighted by molar-refractivity contribution is -0.134. The summed E-state index contributed by atoms with van der Waals surface area (Å²) in [6, 6.07) is 7.00. The molecule has 1 aromatic rings. The average molecular weight is 190 g/mol. The van der Waals surface area contributed by atoms with Crippen molar-refractivity contribution in [2.45, 2.75) is 0 Å². The van der Waals surface area contributed by atoms with Crippen molar-refractivity contribution in [3.8, 4) is 0 Å². The largest absolute Gasteiger partial charge is 0.466 e. The van der Waals surface area contributed by atoms with Gasteiger partial charge >= 0.3 is 5.97 Å². The molecule has 0 saturated heterocycles.